The lowest BCUT2D eigenvalue weighted by Gasteiger charge is -2.04. The van der Waals surface area contributed by atoms with E-state index in [9.17, 15) is 9.90 Å². The van der Waals surface area contributed by atoms with Crippen LogP contribution in [0, 0.1) is 11.3 Å². The van der Waals surface area contributed by atoms with Gasteiger partial charge in [0.1, 0.15) is 5.75 Å². The number of hydrogen-bond acceptors (Lipinski definition) is 3. The van der Waals surface area contributed by atoms with Crippen LogP contribution in [0.1, 0.15) is 21.5 Å². The van der Waals surface area contributed by atoms with Gasteiger partial charge in [-0.2, -0.15) is 5.26 Å². The molecule has 0 unspecified atom stereocenters. The van der Waals surface area contributed by atoms with Gasteiger partial charge in [-0.15, -0.1) is 0 Å². The summed E-state index contributed by atoms with van der Waals surface area (Å²) in [6, 6.07) is 4.19. The summed E-state index contributed by atoms with van der Waals surface area (Å²) in [5, 5.41) is 27.1. The number of nitriles is 1. The Hall–Kier alpha value is -1.54. The SMILES string of the molecule is N#Cc1cc(C(=O)O)cc(O)c1CBr. The van der Waals surface area contributed by atoms with Gasteiger partial charge in [0.2, 0.25) is 0 Å². The Labute approximate surface area is 88.5 Å². The van der Waals surface area contributed by atoms with Crippen LogP contribution in [0.15, 0.2) is 12.1 Å². The molecule has 0 saturated heterocycles. The number of nitrogens with zero attached hydrogens (tertiary/aromatic N) is 1. The molecule has 0 aliphatic rings. The molecule has 1 aromatic carbocycles. The molecule has 0 aliphatic carbocycles. The number of aromatic hydroxyl groups is 1. The number of phenols is 1. The maximum atomic E-state index is 10.6. The molecule has 0 fully saturated rings. The van der Waals surface area contributed by atoms with Crippen molar-refractivity contribution in [3.8, 4) is 11.8 Å². The highest BCUT2D eigenvalue weighted by Gasteiger charge is 2.12. The molecular formula is C9H6BrNO3. The van der Waals surface area contributed by atoms with Gasteiger partial charge in [0.25, 0.3) is 0 Å². The molecule has 0 saturated carbocycles. The minimum atomic E-state index is -1.17. The van der Waals surface area contributed by atoms with Gasteiger partial charge in [0.15, 0.2) is 0 Å². The van der Waals surface area contributed by atoms with Crippen LogP contribution in [-0.4, -0.2) is 16.2 Å². The van der Waals surface area contributed by atoms with Crippen molar-refractivity contribution in [3.05, 3.63) is 28.8 Å². The number of rotatable bonds is 2. The standard InChI is InChI=1S/C9H6BrNO3/c10-3-7-6(4-11)1-5(9(13)14)2-8(7)12/h1-2,12H,3H2,(H,13,14). The molecule has 1 aromatic rings. The molecule has 4 nitrogen and oxygen atoms in total. The quantitative estimate of drug-likeness (QED) is 0.791. The normalized spacial score (nSPS) is 9.43. The first-order valence-electron chi connectivity index (χ1n) is 3.65. The highest BCUT2D eigenvalue weighted by Crippen LogP contribution is 2.25. The number of halogens is 1. The van der Waals surface area contributed by atoms with Crippen LogP contribution in [0.4, 0.5) is 0 Å². The zero-order valence-electron chi connectivity index (χ0n) is 6.99. The number of hydrogen-bond donors (Lipinski definition) is 2. The predicted molar refractivity (Wildman–Crippen MR) is 52.4 cm³/mol. The summed E-state index contributed by atoms with van der Waals surface area (Å²) in [6.07, 6.45) is 0. The van der Waals surface area contributed by atoms with Gasteiger partial charge in [-0.1, -0.05) is 15.9 Å². The topological polar surface area (TPSA) is 81.3 Å². The van der Waals surface area contributed by atoms with Gasteiger partial charge in [-0.25, -0.2) is 4.79 Å². The first-order chi connectivity index (χ1) is 6.60. The molecule has 0 aliphatic heterocycles. The average molecular weight is 256 g/mol. The molecule has 0 heterocycles. The van der Waals surface area contributed by atoms with Crippen molar-refractivity contribution in [1.82, 2.24) is 0 Å². The summed E-state index contributed by atoms with van der Waals surface area (Å²) in [5.41, 5.74) is 0.473. The third kappa shape index (κ3) is 1.86. The zero-order valence-corrected chi connectivity index (χ0v) is 8.58. The van der Waals surface area contributed by atoms with Crippen LogP contribution in [0.25, 0.3) is 0 Å². The summed E-state index contributed by atoms with van der Waals surface area (Å²) >= 11 is 3.10. The van der Waals surface area contributed by atoms with E-state index in [1.165, 1.54) is 6.07 Å². The van der Waals surface area contributed by atoms with Crippen LogP contribution in [0.2, 0.25) is 0 Å². The fraction of sp³-hybridized carbons (Fsp3) is 0.111. The van der Waals surface area contributed by atoms with Crippen molar-refractivity contribution >= 4 is 21.9 Å². The molecule has 0 bridgehead atoms. The zero-order chi connectivity index (χ0) is 10.7. The molecule has 0 amide bonds. The van der Waals surface area contributed by atoms with Crippen molar-refractivity contribution in [2.45, 2.75) is 5.33 Å². The lowest BCUT2D eigenvalue weighted by Crippen LogP contribution is -1.99. The minimum absolute atomic E-state index is 0.0937. The third-order valence-electron chi connectivity index (χ3n) is 1.73. The van der Waals surface area contributed by atoms with E-state index in [2.05, 4.69) is 15.9 Å². The molecule has 1 rings (SSSR count). The van der Waals surface area contributed by atoms with E-state index in [1.807, 2.05) is 6.07 Å². The maximum Gasteiger partial charge on any atom is 0.335 e. The second-order valence-electron chi connectivity index (χ2n) is 2.57. The van der Waals surface area contributed by atoms with E-state index in [4.69, 9.17) is 10.4 Å². The molecule has 0 aromatic heterocycles. The van der Waals surface area contributed by atoms with E-state index >= 15 is 0 Å². The number of aromatic carboxylic acids is 1. The second-order valence-corrected chi connectivity index (χ2v) is 3.13. The van der Waals surface area contributed by atoms with Crippen molar-refractivity contribution in [2.75, 3.05) is 0 Å². The average Bonchev–Trinajstić information content (AvgIpc) is 2.16. The van der Waals surface area contributed by atoms with Crippen molar-refractivity contribution < 1.29 is 15.0 Å². The Morgan fingerprint density at radius 2 is 2.21 bits per heavy atom. The fourth-order valence-corrected chi connectivity index (χ4v) is 1.61. The molecule has 0 radical (unpaired) electrons. The second kappa shape index (κ2) is 4.11. The van der Waals surface area contributed by atoms with Crippen molar-refractivity contribution in [1.29, 1.82) is 5.26 Å². The molecule has 0 atom stereocenters. The third-order valence-corrected chi connectivity index (χ3v) is 2.29. The van der Waals surface area contributed by atoms with Gasteiger partial charge in [0.05, 0.1) is 17.2 Å². The molecule has 0 spiro atoms. The van der Waals surface area contributed by atoms with E-state index < -0.39 is 5.97 Å². The van der Waals surface area contributed by atoms with E-state index in [1.54, 1.807) is 0 Å². The number of carboxylic acids is 1. The van der Waals surface area contributed by atoms with Crippen LogP contribution in [0.5, 0.6) is 5.75 Å². The predicted octanol–water partition coefficient (Wildman–Crippen LogP) is 1.86. The molecule has 2 N–H and O–H groups in total. The van der Waals surface area contributed by atoms with Crippen molar-refractivity contribution in [2.24, 2.45) is 0 Å². The summed E-state index contributed by atoms with van der Waals surface area (Å²) in [5.74, 6) is -1.35. The van der Waals surface area contributed by atoms with Crippen LogP contribution in [-0.2, 0) is 5.33 Å². The Morgan fingerprint density at radius 3 is 2.64 bits per heavy atom. The number of benzene rings is 1. The molecule has 14 heavy (non-hydrogen) atoms. The lowest BCUT2D eigenvalue weighted by molar-refractivity contribution is 0.0696. The largest absolute Gasteiger partial charge is 0.508 e. The van der Waals surface area contributed by atoms with Gasteiger partial charge >= 0.3 is 5.97 Å². The molecule has 72 valence electrons. The minimum Gasteiger partial charge on any atom is -0.508 e. The Kier molecular flexibility index (Phi) is 3.10. The first kappa shape index (κ1) is 10.5. The Balaban J connectivity index is 3.41. The monoisotopic (exact) mass is 255 g/mol. The van der Waals surface area contributed by atoms with Gasteiger partial charge in [-0.3, -0.25) is 0 Å². The van der Waals surface area contributed by atoms with Gasteiger partial charge in [-0.05, 0) is 12.1 Å². The van der Waals surface area contributed by atoms with Gasteiger partial charge < -0.3 is 10.2 Å². The number of carbonyl (C=O) groups is 1. The van der Waals surface area contributed by atoms with Crippen LogP contribution in [0.3, 0.4) is 0 Å². The molecule has 5 heteroatoms. The summed E-state index contributed by atoms with van der Waals surface area (Å²) in [7, 11) is 0. The molecular weight excluding hydrogens is 250 g/mol. The first-order valence-corrected chi connectivity index (χ1v) is 4.77. The Bertz CT molecular complexity index is 423. The summed E-state index contributed by atoms with van der Waals surface area (Å²) in [4.78, 5) is 10.6. The van der Waals surface area contributed by atoms with Crippen LogP contribution >= 0.6 is 15.9 Å². The highest BCUT2D eigenvalue weighted by atomic mass is 79.9. The van der Waals surface area contributed by atoms with Gasteiger partial charge in [0, 0.05) is 10.9 Å². The number of phenolic OH excluding ortho intramolecular Hbond substituents is 1. The number of alkyl halides is 1. The van der Waals surface area contributed by atoms with Crippen LogP contribution < -0.4 is 0 Å². The summed E-state index contributed by atoms with van der Waals surface area (Å²) in [6.45, 7) is 0. The summed E-state index contributed by atoms with van der Waals surface area (Å²) < 4.78 is 0. The fourth-order valence-electron chi connectivity index (χ4n) is 1.02. The Morgan fingerprint density at radius 1 is 1.57 bits per heavy atom. The van der Waals surface area contributed by atoms with E-state index in [0.717, 1.165) is 6.07 Å². The lowest BCUT2D eigenvalue weighted by atomic mass is 10.0. The number of carboxylic acid groups (broad SMARTS) is 1. The van der Waals surface area contributed by atoms with E-state index in [-0.39, 0.29) is 16.9 Å². The highest BCUT2D eigenvalue weighted by molar-refractivity contribution is 9.08. The maximum absolute atomic E-state index is 10.6. The smallest absolute Gasteiger partial charge is 0.335 e. The van der Waals surface area contributed by atoms with E-state index in [0.29, 0.717) is 10.9 Å². The van der Waals surface area contributed by atoms with Crippen molar-refractivity contribution in [3.63, 3.8) is 0 Å².